The highest BCUT2D eigenvalue weighted by molar-refractivity contribution is 6.31. The van der Waals surface area contributed by atoms with Crippen molar-refractivity contribution >= 4 is 40.6 Å². The summed E-state index contributed by atoms with van der Waals surface area (Å²) in [5.41, 5.74) is 3.10. The van der Waals surface area contributed by atoms with Crippen LogP contribution in [0.15, 0.2) is 64.6 Å². The lowest BCUT2D eigenvalue weighted by Crippen LogP contribution is -1.99. The Kier molecular flexibility index (Phi) is 4.36. The molecule has 0 aliphatic carbocycles. The number of halogens is 3. The minimum absolute atomic E-state index is 0.230. The predicted octanol–water partition coefficient (Wildman–Crippen LogP) is 5.21. The summed E-state index contributed by atoms with van der Waals surface area (Å²) < 4.78 is 13.7. The third-order valence-corrected chi connectivity index (χ3v) is 3.76. The number of allylic oxidation sites excluding steroid dienone is 1. The molecule has 2 aromatic carbocycles. The number of nitrogens with zero attached hydrogens (tertiary/aromatic N) is 2. The van der Waals surface area contributed by atoms with E-state index in [1.807, 2.05) is 18.2 Å². The first-order valence-electron chi connectivity index (χ1n) is 6.63. The summed E-state index contributed by atoms with van der Waals surface area (Å²) in [6.45, 7) is 0.230. The van der Waals surface area contributed by atoms with E-state index >= 15 is 0 Å². The minimum Gasteiger partial charge on any atom is -0.236 e. The van der Waals surface area contributed by atoms with Crippen molar-refractivity contribution in [3.63, 3.8) is 0 Å². The Balaban J connectivity index is 2.03. The predicted molar refractivity (Wildman–Crippen MR) is 90.8 cm³/mol. The number of amidine groups is 1. The maximum atomic E-state index is 13.7. The fourth-order valence-corrected chi connectivity index (χ4v) is 2.39. The summed E-state index contributed by atoms with van der Waals surface area (Å²) in [7, 11) is 0. The summed E-state index contributed by atoms with van der Waals surface area (Å²) >= 11 is 11.8. The van der Waals surface area contributed by atoms with Gasteiger partial charge in [-0.2, -0.15) is 4.39 Å². The first kappa shape index (κ1) is 14.9. The summed E-state index contributed by atoms with van der Waals surface area (Å²) in [4.78, 5) is 7.76. The quantitative estimate of drug-likeness (QED) is 0.675. The smallest absolute Gasteiger partial charge is 0.236 e. The molecule has 0 N–H and O–H groups in total. The molecule has 2 nitrogen and oxygen atoms in total. The van der Waals surface area contributed by atoms with Crippen LogP contribution in [0.1, 0.15) is 11.1 Å². The van der Waals surface area contributed by atoms with Gasteiger partial charge >= 0.3 is 6.09 Å². The van der Waals surface area contributed by atoms with Crippen LogP contribution in [-0.2, 0) is 0 Å². The van der Waals surface area contributed by atoms with Gasteiger partial charge in [0.25, 0.3) is 0 Å². The summed E-state index contributed by atoms with van der Waals surface area (Å²) in [5, 5.41) is 1.27. The molecule has 0 unspecified atom stereocenters. The van der Waals surface area contributed by atoms with Gasteiger partial charge in [0.15, 0.2) is 0 Å². The van der Waals surface area contributed by atoms with Gasteiger partial charge < -0.3 is 0 Å². The molecular weight excluding hydrogens is 322 g/mol. The van der Waals surface area contributed by atoms with E-state index in [2.05, 4.69) is 9.98 Å². The SMILES string of the molecule is FC1=NCC(c2ccc(Cl)cc2)=CC(c2ccc(Cl)cc2)=N1. The molecule has 0 saturated carbocycles. The lowest BCUT2D eigenvalue weighted by Gasteiger charge is -2.05. The van der Waals surface area contributed by atoms with E-state index in [0.29, 0.717) is 15.8 Å². The third kappa shape index (κ3) is 3.43. The number of hydrogen-bond donors (Lipinski definition) is 0. The molecule has 1 aliphatic heterocycles. The van der Waals surface area contributed by atoms with E-state index in [1.165, 1.54) is 0 Å². The van der Waals surface area contributed by atoms with E-state index in [-0.39, 0.29) is 6.54 Å². The molecule has 0 aromatic heterocycles. The van der Waals surface area contributed by atoms with Gasteiger partial charge in [-0.3, -0.25) is 0 Å². The molecule has 0 fully saturated rings. The van der Waals surface area contributed by atoms with Crippen LogP contribution in [0.3, 0.4) is 0 Å². The first-order chi connectivity index (χ1) is 10.6. The average Bonchev–Trinajstić information content (AvgIpc) is 2.71. The maximum absolute atomic E-state index is 13.7. The molecule has 0 radical (unpaired) electrons. The van der Waals surface area contributed by atoms with Crippen molar-refractivity contribution in [3.8, 4) is 0 Å². The highest BCUT2D eigenvalue weighted by atomic mass is 35.5. The van der Waals surface area contributed by atoms with Crippen molar-refractivity contribution in [1.82, 2.24) is 0 Å². The Morgan fingerprint density at radius 1 is 0.818 bits per heavy atom. The largest absolute Gasteiger partial charge is 0.304 e. The lowest BCUT2D eigenvalue weighted by molar-refractivity contribution is 0.784. The molecule has 3 rings (SSSR count). The second kappa shape index (κ2) is 6.42. The van der Waals surface area contributed by atoms with Crippen LogP contribution < -0.4 is 0 Å². The van der Waals surface area contributed by atoms with Crippen molar-refractivity contribution in [2.45, 2.75) is 0 Å². The zero-order valence-electron chi connectivity index (χ0n) is 11.4. The van der Waals surface area contributed by atoms with Gasteiger partial charge in [-0.1, -0.05) is 47.5 Å². The van der Waals surface area contributed by atoms with Crippen LogP contribution >= 0.6 is 23.2 Å². The van der Waals surface area contributed by atoms with Crippen molar-refractivity contribution in [2.24, 2.45) is 9.98 Å². The van der Waals surface area contributed by atoms with Crippen molar-refractivity contribution < 1.29 is 4.39 Å². The molecule has 1 heterocycles. The highest BCUT2D eigenvalue weighted by Gasteiger charge is 2.11. The molecule has 0 amide bonds. The second-order valence-electron chi connectivity index (χ2n) is 4.77. The molecule has 2 aromatic rings. The maximum Gasteiger partial charge on any atom is 0.304 e. The Morgan fingerprint density at radius 2 is 1.36 bits per heavy atom. The minimum atomic E-state index is -0.731. The topological polar surface area (TPSA) is 24.7 Å². The zero-order valence-corrected chi connectivity index (χ0v) is 12.9. The Labute approximate surface area is 137 Å². The zero-order chi connectivity index (χ0) is 15.5. The van der Waals surface area contributed by atoms with E-state index in [9.17, 15) is 4.39 Å². The van der Waals surface area contributed by atoms with Gasteiger partial charge in [0.1, 0.15) is 0 Å². The third-order valence-electron chi connectivity index (χ3n) is 3.26. The molecule has 0 spiro atoms. The average molecular weight is 333 g/mol. The van der Waals surface area contributed by atoms with Gasteiger partial charge in [0.05, 0.1) is 12.3 Å². The number of aliphatic imine (C=N–C) groups is 2. The lowest BCUT2D eigenvalue weighted by atomic mass is 10.0. The number of benzene rings is 2. The highest BCUT2D eigenvalue weighted by Crippen LogP contribution is 2.22. The Morgan fingerprint density at radius 3 is 1.95 bits per heavy atom. The first-order valence-corrected chi connectivity index (χ1v) is 7.38. The molecule has 1 aliphatic rings. The molecular formula is C17H11Cl2FN2. The molecule has 0 atom stereocenters. The van der Waals surface area contributed by atoms with Crippen LogP contribution in [0.25, 0.3) is 5.57 Å². The van der Waals surface area contributed by atoms with Crippen LogP contribution in [0.2, 0.25) is 10.0 Å². The molecule has 0 bridgehead atoms. The summed E-state index contributed by atoms with van der Waals surface area (Å²) in [6, 6.07) is 14.4. The standard InChI is InChI=1S/C17H11Cl2FN2/c18-14-5-1-11(2-6-14)13-9-16(22-17(20)21-10-13)12-3-7-15(19)8-4-12/h1-9H,10H2. The second-order valence-corrected chi connectivity index (χ2v) is 5.64. The van der Waals surface area contributed by atoms with Gasteiger partial charge in [-0.15, -0.1) is 0 Å². The molecule has 110 valence electrons. The van der Waals surface area contributed by atoms with Gasteiger partial charge in [0.2, 0.25) is 0 Å². The normalized spacial score (nSPS) is 14.8. The number of hydrogen-bond acceptors (Lipinski definition) is 2. The Hall–Kier alpha value is -1.97. The van der Waals surface area contributed by atoms with Crippen LogP contribution in [0, 0.1) is 0 Å². The molecule has 22 heavy (non-hydrogen) atoms. The van der Waals surface area contributed by atoms with Gasteiger partial charge in [0, 0.05) is 15.6 Å². The fourth-order valence-electron chi connectivity index (χ4n) is 2.14. The van der Waals surface area contributed by atoms with Crippen LogP contribution in [-0.4, -0.2) is 18.3 Å². The fraction of sp³-hybridized carbons (Fsp3) is 0.0588. The number of rotatable bonds is 2. The van der Waals surface area contributed by atoms with Gasteiger partial charge in [-0.25, -0.2) is 9.98 Å². The monoisotopic (exact) mass is 332 g/mol. The van der Waals surface area contributed by atoms with Gasteiger partial charge in [-0.05, 0) is 41.5 Å². The van der Waals surface area contributed by atoms with Crippen LogP contribution in [0.5, 0.6) is 0 Å². The van der Waals surface area contributed by atoms with Crippen molar-refractivity contribution in [3.05, 3.63) is 75.8 Å². The summed E-state index contributed by atoms with van der Waals surface area (Å²) in [5.74, 6) is 0. The van der Waals surface area contributed by atoms with E-state index in [1.54, 1.807) is 36.4 Å². The van der Waals surface area contributed by atoms with E-state index < -0.39 is 6.09 Å². The van der Waals surface area contributed by atoms with E-state index in [4.69, 9.17) is 23.2 Å². The molecule has 5 heteroatoms. The molecule has 0 saturated heterocycles. The van der Waals surface area contributed by atoms with Crippen molar-refractivity contribution in [1.29, 1.82) is 0 Å². The Bertz CT molecular complexity index is 775. The van der Waals surface area contributed by atoms with Crippen molar-refractivity contribution in [2.75, 3.05) is 6.54 Å². The van der Waals surface area contributed by atoms with Crippen LogP contribution in [0.4, 0.5) is 4.39 Å². The van der Waals surface area contributed by atoms with E-state index in [0.717, 1.165) is 16.7 Å². The summed E-state index contributed by atoms with van der Waals surface area (Å²) in [6.07, 6.45) is 1.10.